The SMILES string of the molecule is CC(C)OC(=O)[C@@H](C)N[P@@](=O)(OC[C@H]1O[C@@H](n2cc(Cl)c(N)nc2=O)[C@](C)(Cl)[C@@H]1O)Oc1cccc2ccccc12. The predicted molar refractivity (Wildman–Crippen MR) is 154 cm³/mol. The van der Waals surface area contributed by atoms with Crippen molar-refractivity contribution in [3.8, 4) is 5.75 Å². The molecule has 222 valence electrons. The van der Waals surface area contributed by atoms with Crippen LogP contribution in [0.3, 0.4) is 0 Å². The number of carbonyl (C=O) groups excluding carboxylic acids is 1. The molecule has 0 saturated carbocycles. The molecule has 1 fully saturated rings. The largest absolute Gasteiger partial charge is 0.462 e. The van der Waals surface area contributed by atoms with Crippen LogP contribution >= 0.6 is 30.9 Å². The van der Waals surface area contributed by atoms with Gasteiger partial charge in [-0.25, -0.2) is 9.36 Å². The molecule has 2 aromatic carbocycles. The first-order valence-electron chi connectivity index (χ1n) is 12.7. The van der Waals surface area contributed by atoms with Gasteiger partial charge in [-0.1, -0.05) is 48.0 Å². The van der Waals surface area contributed by atoms with Crippen molar-refractivity contribution in [1.29, 1.82) is 0 Å². The zero-order chi connectivity index (χ0) is 30.1. The molecule has 12 nitrogen and oxygen atoms in total. The van der Waals surface area contributed by atoms with Gasteiger partial charge in [0.2, 0.25) is 0 Å². The number of esters is 1. The van der Waals surface area contributed by atoms with E-state index in [1.54, 1.807) is 38.1 Å². The standard InChI is InChI=1S/C26H31Cl2N4O8P/c1-14(2)38-23(34)15(3)31-41(36,40-19-11-7-9-16-8-5-6-10-17(16)19)37-13-20-21(33)26(4,28)24(39-20)32-12-18(27)22(29)30-25(32)35/h5-12,14-15,20-21,24,33H,13H2,1-4H3,(H,31,36)(H2,29,30,35)/t15-,20-,21-,24-,26-,41-/m1/s1. The fourth-order valence-electron chi connectivity index (χ4n) is 4.27. The number of hydrogen-bond donors (Lipinski definition) is 3. The van der Waals surface area contributed by atoms with E-state index in [4.69, 9.17) is 47.5 Å². The van der Waals surface area contributed by atoms with Gasteiger partial charge >= 0.3 is 19.4 Å². The topological polar surface area (TPSA) is 164 Å². The summed E-state index contributed by atoms with van der Waals surface area (Å²) in [4.78, 5) is 27.1. The number of carbonyl (C=O) groups is 1. The van der Waals surface area contributed by atoms with Crippen molar-refractivity contribution < 1.29 is 33.0 Å². The van der Waals surface area contributed by atoms with Gasteiger partial charge < -0.3 is 24.8 Å². The Kier molecular flexibility index (Phi) is 9.35. The van der Waals surface area contributed by atoms with Gasteiger partial charge in [-0.3, -0.25) is 13.9 Å². The second kappa shape index (κ2) is 12.3. The molecule has 0 spiro atoms. The molecule has 0 unspecified atom stereocenters. The molecule has 6 atom stereocenters. The molecule has 0 bridgehead atoms. The van der Waals surface area contributed by atoms with E-state index >= 15 is 0 Å². The van der Waals surface area contributed by atoms with Gasteiger partial charge in [0.25, 0.3) is 0 Å². The third-order valence-electron chi connectivity index (χ3n) is 6.34. The van der Waals surface area contributed by atoms with E-state index in [0.29, 0.717) is 5.39 Å². The molecule has 0 amide bonds. The van der Waals surface area contributed by atoms with Crippen molar-refractivity contribution in [2.45, 2.75) is 63.2 Å². The summed E-state index contributed by atoms with van der Waals surface area (Å²) < 4.78 is 37.9. The Labute approximate surface area is 246 Å². The summed E-state index contributed by atoms with van der Waals surface area (Å²) in [5.74, 6) is -0.626. The quantitative estimate of drug-likeness (QED) is 0.169. The van der Waals surface area contributed by atoms with E-state index in [-0.39, 0.29) is 16.6 Å². The van der Waals surface area contributed by atoms with Crippen molar-refractivity contribution in [2.24, 2.45) is 0 Å². The van der Waals surface area contributed by atoms with Gasteiger partial charge in [-0.2, -0.15) is 10.1 Å². The van der Waals surface area contributed by atoms with E-state index in [0.717, 1.165) is 9.95 Å². The molecular weight excluding hydrogens is 598 g/mol. The number of nitrogen functional groups attached to an aromatic ring is 1. The van der Waals surface area contributed by atoms with E-state index in [1.165, 1.54) is 20.0 Å². The molecule has 4 rings (SSSR count). The molecule has 1 aliphatic heterocycles. The number of nitrogens with one attached hydrogen (secondary N) is 1. The first-order chi connectivity index (χ1) is 19.2. The molecule has 1 saturated heterocycles. The number of alkyl halides is 1. The number of aliphatic hydroxyl groups is 1. The number of benzene rings is 2. The Morgan fingerprint density at radius 3 is 2.66 bits per heavy atom. The highest BCUT2D eigenvalue weighted by Gasteiger charge is 2.54. The fraction of sp³-hybridized carbons (Fsp3) is 0.423. The van der Waals surface area contributed by atoms with Crippen LogP contribution in [0, 0.1) is 0 Å². The van der Waals surface area contributed by atoms with Crippen LogP contribution < -0.4 is 21.0 Å². The smallest absolute Gasteiger partial charge is 0.459 e. The normalized spacial score (nSPS) is 24.7. The lowest BCUT2D eigenvalue weighted by Crippen LogP contribution is -2.42. The van der Waals surface area contributed by atoms with Crippen molar-refractivity contribution in [3.63, 3.8) is 0 Å². The number of fused-ring (bicyclic) bond motifs is 1. The number of rotatable bonds is 10. The number of aliphatic hydroxyl groups excluding tert-OH is 1. The molecule has 1 aliphatic rings. The summed E-state index contributed by atoms with van der Waals surface area (Å²) in [7, 11) is -4.34. The van der Waals surface area contributed by atoms with Crippen LogP contribution in [0.4, 0.5) is 5.82 Å². The van der Waals surface area contributed by atoms with Gasteiger partial charge in [-0.05, 0) is 39.1 Å². The number of aromatic nitrogens is 2. The summed E-state index contributed by atoms with van der Waals surface area (Å²) in [5.41, 5.74) is 4.80. The predicted octanol–water partition coefficient (Wildman–Crippen LogP) is 4.02. The number of nitrogens with two attached hydrogens (primary N) is 1. The number of halogens is 2. The zero-order valence-corrected chi connectivity index (χ0v) is 25.1. The fourth-order valence-corrected chi connectivity index (χ4v) is 6.23. The summed E-state index contributed by atoms with van der Waals surface area (Å²) in [6.07, 6.45) is -3.05. The Bertz CT molecular complexity index is 1530. The minimum Gasteiger partial charge on any atom is -0.462 e. The second-order valence-corrected chi connectivity index (χ2v) is 12.9. The maximum absolute atomic E-state index is 14.1. The number of nitrogens with zero attached hydrogens (tertiary/aromatic N) is 2. The molecule has 4 N–H and O–H groups in total. The lowest BCUT2D eigenvalue weighted by molar-refractivity contribution is -0.149. The van der Waals surface area contributed by atoms with E-state index in [2.05, 4.69) is 10.1 Å². The van der Waals surface area contributed by atoms with Crippen LogP contribution in [0.25, 0.3) is 10.8 Å². The van der Waals surface area contributed by atoms with Gasteiger partial charge in [0.15, 0.2) is 6.23 Å². The second-order valence-electron chi connectivity index (χ2n) is 9.99. The highest BCUT2D eigenvalue weighted by molar-refractivity contribution is 7.52. The minimum absolute atomic E-state index is 0.0192. The van der Waals surface area contributed by atoms with Crippen molar-refractivity contribution in [2.75, 3.05) is 12.3 Å². The molecule has 41 heavy (non-hydrogen) atoms. The van der Waals surface area contributed by atoms with E-state index in [9.17, 15) is 19.3 Å². The molecular formula is C26H31Cl2N4O8P. The number of ether oxygens (including phenoxy) is 2. The van der Waals surface area contributed by atoms with Gasteiger partial charge in [0.05, 0.1) is 17.7 Å². The molecule has 0 radical (unpaired) electrons. The number of hydrogen-bond acceptors (Lipinski definition) is 10. The van der Waals surface area contributed by atoms with Crippen LogP contribution in [-0.2, 0) is 23.4 Å². The Balaban J connectivity index is 1.60. The summed E-state index contributed by atoms with van der Waals surface area (Å²) >= 11 is 12.7. The summed E-state index contributed by atoms with van der Waals surface area (Å²) in [6, 6.07) is 11.4. The maximum Gasteiger partial charge on any atom is 0.459 e. The monoisotopic (exact) mass is 628 g/mol. The summed E-state index contributed by atoms with van der Waals surface area (Å²) in [6.45, 7) is 5.76. The zero-order valence-electron chi connectivity index (χ0n) is 22.7. The van der Waals surface area contributed by atoms with Gasteiger partial charge in [-0.15, -0.1) is 11.6 Å². The lowest BCUT2D eigenvalue weighted by atomic mass is 10.0. The van der Waals surface area contributed by atoms with Crippen LogP contribution in [0.2, 0.25) is 5.02 Å². The average molecular weight is 629 g/mol. The van der Waals surface area contributed by atoms with Crippen LogP contribution in [0.1, 0.15) is 33.9 Å². The van der Waals surface area contributed by atoms with E-state index < -0.39 is 61.5 Å². The molecule has 3 aromatic rings. The number of anilines is 1. The van der Waals surface area contributed by atoms with Gasteiger partial charge in [0, 0.05) is 11.6 Å². The Hall–Kier alpha value is -2.70. The first-order valence-corrected chi connectivity index (χ1v) is 15.0. The molecule has 1 aromatic heterocycles. The maximum atomic E-state index is 14.1. The molecule has 15 heteroatoms. The third kappa shape index (κ3) is 6.86. The lowest BCUT2D eigenvalue weighted by Gasteiger charge is -2.27. The third-order valence-corrected chi connectivity index (χ3v) is 8.67. The van der Waals surface area contributed by atoms with Gasteiger partial charge in [0.1, 0.15) is 34.7 Å². The Morgan fingerprint density at radius 1 is 1.27 bits per heavy atom. The molecule has 2 heterocycles. The summed E-state index contributed by atoms with van der Waals surface area (Å²) in [5, 5.41) is 15.1. The minimum atomic E-state index is -4.34. The first kappa shape index (κ1) is 31.2. The Morgan fingerprint density at radius 2 is 1.95 bits per heavy atom. The van der Waals surface area contributed by atoms with Crippen LogP contribution in [-0.4, -0.2) is 56.5 Å². The highest BCUT2D eigenvalue weighted by atomic mass is 35.5. The van der Waals surface area contributed by atoms with Crippen LogP contribution in [0.15, 0.2) is 53.5 Å². The molecule has 0 aliphatic carbocycles. The van der Waals surface area contributed by atoms with E-state index in [1.807, 2.05) is 18.2 Å². The van der Waals surface area contributed by atoms with Crippen molar-refractivity contribution >= 4 is 53.5 Å². The van der Waals surface area contributed by atoms with Crippen molar-refractivity contribution in [1.82, 2.24) is 14.6 Å². The average Bonchev–Trinajstić information content (AvgIpc) is 3.13. The van der Waals surface area contributed by atoms with Crippen molar-refractivity contribution in [3.05, 3.63) is 64.2 Å². The highest BCUT2D eigenvalue weighted by Crippen LogP contribution is 2.49. The van der Waals surface area contributed by atoms with Crippen LogP contribution in [0.5, 0.6) is 5.75 Å².